The van der Waals surface area contributed by atoms with Gasteiger partial charge in [0.2, 0.25) is 5.91 Å². The molecule has 4 heteroatoms. The summed E-state index contributed by atoms with van der Waals surface area (Å²) >= 11 is 0. The van der Waals surface area contributed by atoms with Gasteiger partial charge in [-0.1, -0.05) is 12.8 Å². The van der Waals surface area contributed by atoms with Crippen molar-refractivity contribution in [2.24, 2.45) is 5.73 Å². The van der Waals surface area contributed by atoms with E-state index in [1.165, 1.54) is 0 Å². The Morgan fingerprint density at radius 1 is 1.56 bits per heavy atom. The molecule has 0 aliphatic heterocycles. The van der Waals surface area contributed by atoms with Crippen molar-refractivity contribution in [3.63, 3.8) is 0 Å². The molecule has 1 aliphatic rings. The standard InChI is InChI=1S/C12H18N2O2/c1-14(9-10-5-4-8-16-10)11(15)12(13)6-2-3-7-12/h4-5,8H,2-3,6-7,9,13H2,1H3. The number of likely N-dealkylation sites (N-methyl/N-ethyl adjacent to an activating group) is 1. The van der Waals surface area contributed by atoms with Crippen molar-refractivity contribution >= 4 is 5.91 Å². The minimum Gasteiger partial charge on any atom is -0.467 e. The molecular weight excluding hydrogens is 204 g/mol. The number of hydrogen-bond donors (Lipinski definition) is 1. The van der Waals surface area contributed by atoms with Gasteiger partial charge >= 0.3 is 0 Å². The normalized spacial score (nSPS) is 18.6. The molecule has 1 heterocycles. The van der Waals surface area contributed by atoms with Gasteiger partial charge < -0.3 is 15.1 Å². The molecule has 0 spiro atoms. The number of nitrogens with two attached hydrogens (primary N) is 1. The van der Waals surface area contributed by atoms with Gasteiger partial charge in [-0.15, -0.1) is 0 Å². The summed E-state index contributed by atoms with van der Waals surface area (Å²) in [5, 5.41) is 0. The van der Waals surface area contributed by atoms with Crippen LogP contribution in [0.25, 0.3) is 0 Å². The number of hydrogen-bond acceptors (Lipinski definition) is 3. The zero-order valence-corrected chi connectivity index (χ0v) is 9.61. The fraction of sp³-hybridized carbons (Fsp3) is 0.583. The highest BCUT2D eigenvalue weighted by Gasteiger charge is 2.38. The number of amides is 1. The lowest BCUT2D eigenvalue weighted by molar-refractivity contribution is -0.136. The largest absolute Gasteiger partial charge is 0.467 e. The second kappa shape index (κ2) is 4.29. The van der Waals surface area contributed by atoms with E-state index in [0.717, 1.165) is 31.4 Å². The van der Waals surface area contributed by atoms with Crippen LogP contribution in [-0.2, 0) is 11.3 Å². The summed E-state index contributed by atoms with van der Waals surface area (Å²) in [6.07, 6.45) is 5.32. The van der Waals surface area contributed by atoms with Crippen LogP contribution in [0.4, 0.5) is 0 Å². The van der Waals surface area contributed by atoms with Gasteiger partial charge in [0.1, 0.15) is 5.76 Å². The van der Waals surface area contributed by atoms with Crippen molar-refractivity contribution in [3.05, 3.63) is 24.2 Å². The van der Waals surface area contributed by atoms with Crippen molar-refractivity contribution in [3.8, 4) is 0 Å². The van der Waals surface area contributed by atoms with E-state index in [9.17, 15) is 4.79 Å². The zero-order valence-electron chi connectivity index (χ0n) is 9.61. The van der Waals surface area contributed by atoms with E-state index in [0.29, 0.717) is 6.54 Å². The molecule has 1 aromatic rings. The third kappa shape index (κ3) is 2.11. The van der Waals surface area contributed by atoms with Crippen LogP contribution in [0.1, 0.15) is 31.4 Å². The lowest BCUT2D eigenvalue weighted by Gasteiger charge is -2.28. The third-order valence-corrected chi connectivity index (χ3v) is 3.24. The van der Waals surface area contributed by atoms with Crippen molar-refractivity contribution < 1.29 is 9.21 Å². The molecule has 0 radical (unpaired) electrons. The van der Waals surface area contributed by atoms with E-state index in [2.05, 4.69) is 0 Å². The third-order valence-electron chi connectivity index (χ3n) is 3.24. The number of carbonyl (C=O) groups is 1. The average Bonchev–Trinajstić information content (AvgIpc) is 2.89. The van der Waals surface area contributed by atoms with Gasteiger partial charge in [0, 0.05) is 7.05 Å². The highest BCUT2D eigenvalue weighted by molar-refractivity contribution is 5.86. The summed E-state index contributed by atoms with van der Waals surface area (Å²) in [7, 11) is 1.78. The first-order valence-corrected chi connectivity index (χ1v) is 5.69. The molecule has 1 saturated carbocycles. The van der Waals surface area contributed by atoms with Gasteiger partial charge in [0.25, 0.3) is 0 Å². The van der Waals surface area contributed by atoms with Crippen LogP contribution in [0.15, 0.2) is 22.8 Å². The molecule has 0 saturated heterocycles. The molecule has 1 fully saturated rings. The Labute approximate surface area is 95.4 Å². The molecule has 88 valence electrons. The van der Waals surface area contributed by atoms with Gasteiger partial charge in [-0.25, -0.2) is 0 Å². The Hall–Kier alpha value is -1.29. The first-order valence-electron chi connectivity index (χ1n) is 5.69. The lowest BCUT2D eigenvalue weighted by Crippen LogP contribution is -2.52. The van der Waals surface area contributed by atoms with Crippen LogP contribution in [0.2, 0.25) is 0 Å². The molecule has 4 nitrogen and oxygen atoms in total. The second-order valence-corrected chi connectivity index (χ2v) is 4.60. The van der Waals surface area contributed by atoms with Crippen LogP contribution in [0, 0.1) is 0 Å². The Morgan fingerprint density at radius 3 is 2.81 bits per heavy atom. The summed E-state index contributed by atoms with van der Waals surface area (Å²) in [4.78, 5) is 13.8. The van der Waals surface area contributed by atoms with Gasteiger partial charge in [-0.2, -0.15) is 0 Å². The molecule has 16 heavy (non-hydrogen) atoms. The highest BCUT2D eigenvalue weighted by atomic mass is 16.3. The molecular formula is C12H18N2O2. The topological polar surface area (TPSA) is 59.5 Å². The summed E-state index contributed by atoms with van der Waals surface area (Å²) in [5.41, 5.74) is 5.47. The molecule has 1 aromatic heterocycles. The van der Waals surface area contributed by atoms with Crippen LogP contribution in [0.3, 0.4) is 0 Å². The van der Waals surface area contributed by atoms with Gasteiger partial charge in [0.15, 0.2) is 0 Å². The van der Waals surface area contributed by atoms with Crippen LogP contribution >= 0.6 is 0 Å². The quantitative estimate of drug-likeness (QED) is 0.843. The second-order valence-electron chi connectivity index (χ2n) is 4.60. The van der Waals surface area contributed by atoms with Crippen molar-refractivity contribution in [1.82, 2.24) is 4.90 Å². The van der Waals surface area contributed by atoms with Crippen LogP contribution < -0.4 is 5.73 Å². The first-order chi connectivity index (χ1) is 7.62. The maximum Gasteiger partial charge on any atom is 0.242 e. The fourth-order valence-electron chi connectivity index (χ4n) is 2.31. The first kappa shape index (κ1) is 11.2. The highest BCUT2D eigenvalue weighted by Crippen LogP contribution is 2.29. The molecule has 0 atom stereocenters. The number of carbonyl (C=O) groups excluding carboxylic acids is 1. The van der Waals surface area contributed by atoms with E-state index in [-0.39, 0.29) is 5.91 Å². The van der Waals surface area contributed by atoms with Gasteiger partial charge in [0.05, 0.1) is 18.3 Å². The average molecular weight is 222 g/mol. The minimum atomic E-state index is -0.638. The molecule has 2 N–H and O–H groups in total. The molecule has 2 rings (SSSR count). The lowest BCUT2D eigenvalue weighted by atomic mass is 9.97. The Kier molecular flexibility index (Phi) is 3.01. The Bertz CT molecular complexity index is 353. The smallest absolute Gasteiger partial charge is 0.242 e. The van der Waals surface area contributed by atoms with Crippen LogP contribution in [-0.4, -0.2) is 23.4 Å². The van der Waals surface area contributed by atoms with Crippen molar-refractivity contribution in [2.75, 3.05) is 7.05 Å². The monoisotopic (exact) mass is 222 g/mol. The molecule has 0 unspecified atom stereocenters. The predicted molar refractivity (Wildman–Crippen MR) is 60.6 cm³/mol. The van der Waals surface area contributed by atoms with E-state index in [4.69, 9.17) is 10.2 Å². The molecule has 0 aromatic carbocycles. The zero-order chi connectivity index (χ0) is 11.6. The maximum atomic E-state index is 12.2. The van der Waals surface area contributed by atoms with Crippen molar-refractivity contribution in [2.45, 2.75) is 37.8 Å². The van der Waals surface area contributed by atoms with Crippen LogP contribution in [0.5, 0.6) is 0 Å². The van der Waals surface area contributed by atoms with Gasteiger partial charge in [-0.05, 0) is 25.0 Å². The molecule has 0 bridgehead atoms. The number of furan rings is 1. The van der Waals surface area contributed by atoms with E-state index >= 15 is 0 Å². The summed E-state index contributed by atoms with van der Waals surface area (Å²) in [6.45, 7) is 0.491. The summed E-state index contributed by atoms with van der Waals surface area (Å²) in [5.74, 6) is 0.818. The minimum absolute atomic E-state index is 0.0291. The fourth-order valence-corrected chi connectivity index (χ4v) is 2.31. The maximum absolute atomic E-state index is 12.2. The van der Waals surface area contributed by atoms with Crippen molar-refractivity contribution in [1.29, 1.82) is 0 Å². The molecule has 1 aliphatic carbocycles. The van der Waals surface area contributed by atoms with E-state index < -0.39 is 5.54 Å². The number of nitrogens with zero attached hydrogens (tertiary/aromatic N) is 1. The predicted octanol–water partition coefficient (Wildman–Crippen LogP) is 1.51. The molecule has 1 amide bonds. The SMILES string of the molecule is CN(Cc1ccco1)C(=O)C1(N)CCCC1. The summed E-state index contributed by atoms with van der Waals surface area (Å²) < 4.78 is 5.22. The van der Waals surface area contributed by atoms with Gasteiger partial charge in [-0.3, -0.25) is 4.79 Å². The summed E-state index contributed by atoms with van der Waals surface area (Å²) in [6, 6.07) is 3.68. The Morgan fingerprint density at radius 2 is 2.25 bits per heavy atom. The Balaban J connectivity index is 1.99. The van der Waals surface area contributed by atoms with E-state index in [1.54, 1.807) is 18.2 Å². The van der Waals surface area contributed by atoms with E-state index in [1.807, 2.05) is 12.1 Å². The number of rotatable bonds is 3.